The molecule has 2 heteroatoms. The smallest absolute Gasteiger partial charge is 0.0208 e. The predicted molar refractivity (Wildman–Crippen MR) is 72.9 cm³/mol. The Morgan fingerprint density at radius 2 is 2.00 bits per heavy atom. The largest absolute Gasteiger partial charge is 0.326 e. The highest BCUT2D eigenvalue weighted by Crippen LogP contribution is 2.22. The summed E-state index contributed by atoms with van der Waals surface area (Å²) >= 11 is 0. The molecule has 1 aliphatic heterocycles. The maximum Gasteiger partial charge on any atom is 0.0208 e. The molecule has 1 aromatic rings. The van der Waals surface area contributed by atoms with Gasteiger partial charge in [-0.3, -0.25) is 4.90 Å². The highest BCUT2D eigenvalue weighted by atomic mass is 15.2. The van der Waals surface area contributed by atoms with Crippen LogP contribution < -0.4 is 5.73 Å². The van der Waals surface area contributed by atoms with E-state index in [9.17, 15) is 0 Å². The number of likely N-dealkylation sites (tertiary alicyclic amines) is 1. The van der Waals surface area contributed by atoms with Gasteiger partial charge in [0, 0.05) is 25.2 Å². The molecule has 1 aromatic carbocycles. The first kappa shape index (κ1) is 12.6. The van der Waals surface area contributed by atoms with Crippen LogP contribution in [0.25, 0.3) is 0 Å². The van der Waals surface area contributed by atoms with Gasteiger partial charge in [-0.05, 0) is 31.2 Å². The zero-order chi connectivity index (χ0) is 12.3. The summed E-state index contributed by atoms with van der Waals surface area (Å²) in [7, 11) is 0. The van der Waals surface area contributed by atoms with Gasteiger partial charge in [0.15, 0.2) is 0 Å². The maximum atomic E-state index is 6.25. The molecule has 1 saturated heterocycles. The lowest BCUT2D eigenvalue weighted by Crippen LogP contribution is -2.40. The molecule has 0 spiro atoms. The van der Waals surface area contributed by atoms with E-state index < -0.39 is 0 Å². The van der Waals surface area contributed by atoms with E-state index in [2.05, 4.69) is 49.1 Å². The molecule has 2 N–H and O–H groups in total. The minimum Gasteiger partial charge on any atom is -0.326 e. The van der Waals surface area contributed by atoms with Gasteiger partial charge < -0.3 is 5.73 Å². The number of benzene rings is 1. The zero-order valence-corrected chi connectivity index (χ0v) is 11.0. The first-order valence-corrected chi connectivity index (χ1v) is 6.68. The number of nitrogens with two attached hydrogens (primary N) is 1. The van der Waals surface area contributed by atoms with Crippen LogP contribution in [0.15, 0.2) is 30.3 Å². The number of hydrogen-bond donors (Lipinski definition) is 1. The van der Waals surface area contributed by atoms with Gasteiger partial charge >= 0.3 is 0 Å². The molecule has 2 rings (SSSR count). The topological polar surface area (TPSA) is 29.3 Å². The van der Waals surface area contributed by atoms with Crippen molar-refractivity contribution in [2.24, 2.45) is 11.7 Å². The molecular formula is C15H24N2. The lowest BCUT2D eigenvalue weighted by atomic mass is 10.1. The van der Waals surface area contributed by atoms with E-state index in [0.717, 1.165) is 18.9 Å². The van der Waals surface area contributed by atoms with Crippen LogP contribution in [0.2, 0.25) is 0 Å². The molecule has 3 atom stereocenters. The molecule has 0 aromatic heterocycles. The molecule has 1 fully saturated rings. The SMILES string of the molecule is CC1CC(C)N(CC(N)Cc2ccccc2)C1. The van der Waals surface area contributed by atoms with E-state index in [0.29, 0.717) is 6.04 Å². The summed E-state index contributed by atoms with van der Waals surface area (Å²) in [5.41, 5.74) is 7.60. The van der Waals surface area contributed by atoms with E-state index in [1.165, 1.54) is 18.5 Å². The number of nitrogens with zero attached hydrogens (tertiary/aromatic N) is 1. The van der Waals surface area contributed by atoms with Crippen LogP contribution in [-0.2, 0) is 6.42 Å². The Morgan fingerprint density at radius 1 is 1.29 bits per heavy atom. The fraction of sp³-hybridized carbons (Fsp3) is 0.600. The molecule has 0 bridgehead atoms. The Labute approximate surface area is 105 Å². The Balaban J connectivity index is 1.83. The lowest BCUT2D eigenvalue weighted by Gasteiger charge is -2.24. The van der Waals surface area contributed by atoms with Crippen molar-refractivity contribution in [3.05, 3.63) is 35.9 Å². The van der Waals surface area contributed by atoms with Gasteiger partial charge in [0.2, 0.25) is 0 Å². The Morgan fingerprint density at radius 3 is 2.59 bits per heavy atom. The summed E-state index contributed by atoms with van der Waals surface area (Å²) in [6, 6.07) is 11.5. The Bertz CT molecular complexity index is 336. The van der Waals surface area contributed by atoms with Crippen LogP contribution in [0.5, 0.6) is 0 Å². The highest BCUT2D eigenvalue weighted by Gasteiger charge is 2.26. The first-order chi connectivity index (χ1) is 8.15. The van der Waals surface area contributed by atoms with Crippen molar-refractivity contribution >= 4 is 0 Å². The van der Waals surface area contributed by atoms with E-state index >= 15 is 0 Å². The summed E-state index contributed by atoms with van der Waals surface area (Å²) in [6.07, 6.45) is 2.30. The summed E-state index contributed by atoms with van der Waals surface area (Å²) < 4.78 is 0. The minimum absolute atomic E-state index is 0.255. The van der Waals surface area contributed by atoms with Gasteiger partial charge in [0.05, 0.1) is 0 Å². The van der Waals surface area contributed by atoms with Crippen molar-refractivity contribution in [1.82, 2.24) is 4.90 Å². The maximum absolute atomic E-state index is 6.25. The van der Waals surface area contributed by atoms with E-state index in [-0.39, 0.29) is 6.04 Å². The third-order valence-electron chi connectivity index (χ3n) is 3.72. The molecule has 17 heavy (non-hydrogen) atoms. The van der Waals surface area contributed by atoms with Crippen molar-refractivity contribution in [3.63, 3.8) is 0 Å². The van der Waals surface area contributed by atoms with Gasteiger partial charge in [-0.15, -0.1) is 0 Å². The molecule has 2 nitrogen and oxygen atoms in total. The molecule has 1 heterocycles. The van der Waals surface area contributed by atoms with Gasteiger partial charge in [0.1, 0.15) is 0 Å². The van der Waals surface area contributed by atoms with Crippen molar-refractivity contribution in [3.8, 4) is 0 Å². The van der Waals surface area contributed by atoms with Crippen molar-refractivity contribution < 1.29 is 0 Å². The van der Waals surface area contributed by atoms with Crippen molar-refractivity contribution in [2.75, 3.05) is 13.1 Å². The van der Waals surface area contributed by atoms with Gasteiger partial charge in [-0.25, -0.2) is 0 Å². The van der Waals surface area contributed by atoms with E-state index in [1.807, 2.05) is 0 Å². The standard InChI is InChI=1S/C15H24N2/c1-12-8-13(2)17(10-12)11-15(16)9-14-6-4-3-5-7-14/h3-7,12-13,15H,8-11,16H2,1-2H3. The third kappa shape index (κ3) is 3.55. The number of rotatable bonds is 4. The summed E-state index contributed by atoms with van der Waals surface area (Å²) in [5.74, 6) is 0.828. The molecule has 94 valence electrons. The predicted octanol–water partition coefficient (Wildman–Crippen LogP) is 2.29. The minimum atomic E-state index is 0.255. The second-order valence-corrected chi connectivity index (χ2v) is 5.59. The average Bonchev–Trinajstić information content (AvgIpc) is 2.58. The monoisotopic (exact) mass is 232 g/mol. The van der Waals surface area contributed by atoms with Crippen LogP contribution in [0, 0.1) is 5.92 Å². The molecular weight excluding hydrogens is 208 g/mol. The fourth-order valence-corrected chi connectivity index (χ4v) is 2.92. The Hall–Kier alpha value is -0.860. The van der Waals surface area contributed by atoms with Gasteiger partial charge in [-0.1, -0.05) is 37.3 Å². The van der Waals surface area contributed by atoms with Gasteiger partial charge in [0.25, 0.3) is 0 Å². The fourth-order valence-electron chi connectivity index (χ4n) is 2.92. The molecule has 3 unspecified atom stereocenters. The summed E-state index contributed by atoms with van der Waals surface area (Å²) in [6.45, 7) is 6.89. The summed E-state index contributed by atoms with van der Waals surface area (Å²) in [5, 5.41) is 0. The van der Waals surface area contributed by atoms with Crippen molar-refractivity contribution in [2.45, 2.75) is 38.8 Å². The van der Waals surface area contributed by atoms with Crippen LogP contribution >= 0.6 is 0 Å². The average molecular weight is 232 g/mol. The third-order valence-corrected chi connectivity index (χ3v) is 3.72. The highest BCUT2D eigenvalue weighted by molar-refractivity contribution is 5.15. The zero-order valence-electron chi connectivity index (χ0n) is 11.0. The molecule has 0 radical (unpaired) electrons. The summed E-state index contributed by atoms with van der Waals surface area (Å²) in [4.78, 5) is 2.54. The van der Waals surface area contributed by atoms with Crippen molar-refractivity contribution in [1.29, 1.82) is 0 Å². The Kier molecular flexibility index (Phi) is 4.19. The van der Waals surface area contributed by atoms with Crippen LogP contribution in [-0.4, -0.2) is 30.1 Å². The van der Waals surface area contributed by atoms with E-state index in [4.69, 9.17) is 5.73 Å². The lowest BCUT2D eigenvalue weighted by molar-refractivity contribution is 0.247. The van der Waals surface area contributed by atoms with Crippen LogP contribution in [0.4, 0.5) is 0 Å². The van der Waals surface area contributed by atoms with E-state index in [1.54, 1.807) is 0 Å². The number of hydrogen-bond acceptors (Lipinski definition) is 2. The second kappa shape index (κ2) is 5.65. The van der Waals surface area contributed by atoms with Crippen LogP contribution in [0.1, 0.15) is 25.8 Å². The van der Waals surface area contributed by atoms with Crippen LogP contribution in [0.3, 0.4) is 0 Å². The first-order valence-electron chi connectivity index (χ1n) is 6.68. The second-order valence-electron chi connectivity index (χ2n) is 5.59. The quantitative estimate of drug-likeness (QED) is 0.863. The molecule has 1 aliphatic rings. The molecule has 0 aliphatic carbocycles. The van der Waals surface area contributed by atoms with Gasteiger partial charge in [-0.2, -0.15) is 0 Å². The normalized spacial score (nSPS) is 27.2. The molecule has 0 amide bonds. The molecule has 0 saturated carbocycles.